The van der Waals surface area contributed by atoms with E-state index in [0.29, 0.717) is 28.9 Å². The van der Waals surface area contributed by atoms with Gasteiger partial charge in [0.2, 0.25) is 0 Å². The zero-order chi connectivity index (χ0) is 16.4. The van der Waals surface area contributed by atoms with Crippen LogP contribution in [0.4, 0.5) is 0 Å². The predicted molar refractivity (Wildman–Crippen MR) is 95.0 cm³/mol. The maximum Gasteiger partial charge on any atom is 0.258 e. The molecule has 0 aromatic heterocycles. The highest BCUT2D eigenvalue weighted by Gasteiger charge is 2.34. The van der Waals surface area contributed by atoms with E-state index in [2.05, 4.69) is 15.9 Å². The van der Waals surface area contributed by atoms with Gasteiger partial charge >= 0.3 is 0 Å². The first kappa shape index (κ1) is 16.3. The summed E-state index contributed by atoms with van der Waals surface area (Å²) in [6, 6.07) is 13.5. The Morgan fingerprint density at radius 1 is 1.26 bits per heavy atom. The number of hydrogen-bond acceptors (Lipinski definition) is 2. The average Bonchev–Trinajstić information content (AvgIpc) is 3.38. The Kier molecular flexibility index (Phi) is 4.93. The summed E-state index contributed by atoms with van der Waals surface area (Å²) in [5, 5.41) is 0.536. The fraction of sp³-hybridized carbons (Fsp3) is 0.278. The number of carbonyl (C=O) groups is 1. The lowest BCUT2D eigenvalue weighted by molar-refractivity contribution is 0.0726. The number of amides is 1. The van der Waals surface area contributed by atoms with Crippen LogP contribution in [0.3, 0.4) is 0 Å². The van der Waals surface area contributed by atoms with E-state index >= 15 is 0 Å². The molecule has 0 spiro atoms. The number of halogens is 2. The average molecular weight is 395 g/mol. The maximum absolute atomic E-state index is 13.0. The molecule has 3 nitrogen and oxygen atoms in total. The molecule has 0 radical (unpaired) electrons. The zero-order valence-corrected chi connectivity index (χ0v) is 15.1. The summed E-state index contributed by atoms with van der Waals surface area (Å²) >= 11 is 9.50. The molecular formula is C18H17BrClNO2. The number of benzene rings is 2. The fourth-order valence-corrected chi connectivity index (χ4v) is 2.98. The smallest absolute Gasteiger partial charge is 0.258 e. The molecule has 2 aromatic rings. The van der Waals surface area contributed by atoms with Gasteiger partial charge in [0, 0.05) is 22.1 Å². The third kappa shape index (κ3) is 3.88. The largest absolute Gasteiger partial charge is 0.496 e. The molecule has 0 bridgehead atoms. The minimum Gasteiger partial charge on any atom is -0.496 e. The lowest BCUT2D eigenvalue weighted by atomic mass is 10.1. The molecule has 0 atom stereocenters. The van der Waals surface area contributed by atoms with Gasteiger partial charge in [-0.3, -0.25) is 4.79 Å². The fourth-order valence-electron chi connectivity index (χ4n) is 2.54. The number of hydrogen-bond donors (Lipinski definition) is 0. The molecule has 0 N–H and O–H groups in total. The number of nitrogens with zero attached hydrogens (tertiary/aromatic N) is 1. The lowest BCUT2D eigenvalue weighted by Gasteiger charge is -2.23. The van der Waals surface area contributed by atoms with Crippen molar-refractivity contribution in [3.8, 4) is 5.75 Å². The maximum atomic E-state index is 13.0. The summed E-state index contributed by atoms with van der Waals surface area (Å²) < 4.78 is 6.36. The highest BCUT2D eigenvalue weighted by Crippen LogP contribution is 2.32. The SMILES string of the molecule is COc1ccc(Cl)cc1C(=O)N(Cc1ccc(Br)cc1)C1CC1. The van der Waals surface area contributed by atoms with E-state index in [1.54, 1.807) is 25.3 Å². The molecule has 23 heavy (non-hydrogen) atoms. The second-order valence-electron chi connectivity index (χ2n) is 5.64. The van der Waals surface area contributed by atoms with Crippen LogP contribution >= 0.6 is 27.5 Å². The van der Waals surface area contributed by atoms with Gasteiger partial charge in [-0.05, 0) is 48.7 Å². The third-order valence-corrected chi connectivity index (χ3v) is 4.67. The molecule has 5 heteroatoms. The van der Waals surface area contributed by atoms with Crippen molar-refractivity contribution in [2.24, 2.45) is 0 Å². The van der Waals surface area contributed by atoms with Crippen LogP contribution in [0.25, 0.3) is 0 Å². The van der Waals surface area contributed by atoms with Crippen LogP contribution in [-0.2, 0) is 6.54 Å². The summed E-state index contributed by atoms with van der Waals surface area (Å²) in [5.74, 6) is 0.524. The Labute approximate surface area is 149 Å². The zero-order valence-electron chi connectivity index (χ0n) is 12.8. The Hall–Kier alpha value is -1.52. The highest BCUT2D eigenvalue weighted by molar-refractivity contribution is 9.10. The van der Waals surface area contributed by atoms with Crippen molar-refractivity contribution in [2.45, 2.75) is 25.4 Å². The molecule has 2 aromatic carbocycles. The molecule has 1 fully saturated rings. The molecule has 1 aliphatic rings. The van der Waals surface area contributed by atoms with Crippen LogP contribution in [0.1, 0.15) is 28.8 Å². The minimum absolute atomic E-state index is 0.0326. The minimum atomic E-state index is -0.0326. The number of ether oxygens (including phenoxy) is 1. The Balaban J connectivity index is 1.87. The van der Waals surface area contributed by atoms with Crippen LogP contribution in [0.15, 0.2) is 46.9 Å². The first-order chi connectivity index (χ1) is 11.1. The Bertz CT molecular complexity index is 713. The van der Waals surface area contributed by atoms with E-state index in [9.17, 15) is 4.79 Å². The number of methoxy groups -OCH3 is 1. The first-order valence-electron chi connectivity index (χ1n) is 7.47. The highest BCUT2D eigenvalue weighted by atomic mass is 79.9. The van der Waals surface area contributed by atoms with Crippen molar-refractivity contribution in [3.05, 3.63) is 63.1 Å². The van der Waals surface area contributed by atoms with Crippen LogP contribution in [0, 0.1) is 0 Å². The van der Waals surface area contributed by atoms with E-state index in [4.69, 9.17) is 16.3 Å². The van der Waals surface area contributed by atoms with E-state index in [0.717, 1.165) is 22.9 Å². The molecule has 0 heterocycles. The van der Waals surface area contributed by atoms with Crippen LogP contribution in [0.2, 0.25) is 5.02 Å². The molecule has 1 saturated carbocycles. The van der Waals surface area contributed by atoms with Gasteiger partial charge in [-0.25, -0.2) is 0 Å². The predicted octanol–water partition coefficient (Wildman–Crippen LogP) is 4.92. The van der Waals surface area contributed by atoms with Crippen molar-refractivity contribution in [1.82, 2.24) is 4.90 Å². The summed E-state index contributed by atoms with van der Waals surface area (Å²) in [7, 11) is 1.57. The monoisotopic (exact) mass is 393 g/mol. The summed E-state index contributed by atoms with van der Waals surface area (Å²) in [6.07, 6.45) is 2.09. The third-order valence-electron chi connectivity index (χ3n) is 3.91. The van der Waals surface area contributed by atoms with Gasteiger partial charge in [-0.15, -0.1) is 0 Å². The molecule has 3 rings (SSSR count). The summed E-state index contributed by atoms with van der Waals surface area (Å²) in [4.78, 5) is 14.9. The van der Waals surface area contributed by atoms with Gasteiger partial charge in [-0.2, -0.15) is 0 Å². The van der Waals surface area contributed by atoms with Gasteiger partial charge in [0.15, 0.2) is 0 Å². The molecule has 0 unspecified atom stereocenters. The summed E-state index contributed by atoms with van der Waals surface area (Å²) in [6.45, 7) is 0.590. The van der Waals surface area contributed by atoms with E-state index < -0.39 is 0 Å². The summed E-state index contributed by atoms with van der Waals surface area (Å²) in [5.41, 5.74) is 1.62. The number of carbonyl (C=O) groups excluding carboxylic acids is 1. The standard InChI is InChI=1S/C18H17BrClNO2/c1-23-17-9-6-14(20)10-16(17)18(22)21(15-7-8-15)11-12-2-4-13(19)5-3-12/h2-6,9-10,15H,7-8,11H2,1H3. The van der Waals surface area contributed by atoms with Crippen molar-refractivity contribution in [1.29, 1.82) is 0 Å². The second-order valence-corrected chi connectivity index (χ2v) is 6.99. The van der Waals surface area contributed by atoms with E-state index in [1.165, 1.54) is 0 Å². The Morgan fingerprint density at radius 3 is 2.57 bits per heavy atom. The first-order valence-corrected chi connectivity index (χ1v) is 8.64. The van der Waals surface area contributed by atoms with Crippen LogP contribution in [0.5, 0.6) is 5.75 Å². The Morgan fingerprint density at radius 2 is 1.96 bits per heavy atom. The second kappa shape index (κ2) is 6.93. The molecule has 0 aliphatic heterocycles. The molecule has 120 valence electrons. The topological polar surface area (TPSA) is 29.5 Å². The van der Waals surface area contributed by atoms with Gasteiger partial charge in [0.1, 0.15) is 5.75 Å². The van der Waals surface area contributed by atoms with Crippen LogP contribution < -0.4 is 4.74 Å². The van der Waals surface area contributed by atoms with Crippen molar-refractivity contribution < 1.29 is 9.53 Å². The van der Waals surface area contributed by atoms with Gasteiger partial charge < -0.3 is 9.64 Å². The van der Waals surface area contributed by atoms with E-state index in [1.807, 2.05) is 29.2 Å². The van der Waals surface area contributed by atoms with Gasteiger partial charge in [0.25, 0.3) is 5.91 Å². The molecule has 0 saturated heterocycles. The molecule has 1 amide bonds. The van der Waals surface area contributed by atoms with Crippen molar-refractivity contribution >= 4 is 33.4 Å². The van der Waals surface area contributed by atoms with Crippen molar-refractivity contribution in [2.75, 3.05) is 7.11 Å². The van der Waals surface area contributed by atoms with Crippen molar-refractivity contribution in [3.63, 3.8) is 0 Å². The lowest BCUT2D eigenvalue weighted by Crippen LogP contribution is -2.32. The van der Waals surface area contributed by atoms with Gasteiger partial charge in [-0.1, -0.05) is 39.7 Å². The van der Waals surface area contributed by atoms with Crippen LogP contribution in [-0.4, -0.2) is 24.0 Å². The molecule has 1 aliphatic carbocycles. The van der Waals surface area contributed by atoms with Gasteiger partial charge in [0.05, 0.1) is 12.7 Å². The quantitative estimate of drug-likeness (QED) is 0.720. The molecular weight excluding hydrogens is 378 g/mol. The number of rotatable bonds is 5. The van der Waals surface area contributed by atoms with E-state index in [-0.39, 0.29) is 5.91 Å². The normalized spacial score (nSPS) is 13.7.